The fourth-order valence-corrected chi connectivity index (χ4v) is 0.995. The summed E-state index contributed by atoms with van der Waals surface area (Å²) in [6.07, 6.45) is -0.131. The van der Waals surface area contributed by atoms with Crippen LogP contribution in [0.25, 0.3) is 0 Å². The number of amides is 2. The summed E-state index contributed by atoms with van der Waals surface area (Å²) in [4.78, 5) is 32.6. The van der Waals surface area contributed by atoms with Crippen LogP contribution in [0.3, 0.4) is 0 Å². The van der Waals surface area contributed by atoms with Gasteiger partial charge in [0, 0.05) is 0 Å². The second kappa shape index (κ2) is 3.88. The standard InChI is InChI=1S/C7H10N2O4/c1-13-6(11)2-4-7(12)8-3-5(10)9-4/h4H,2-3H2,1H3,(H,8,12)(H,9,10)/t4-/m1/s1. The van der Waals surface area contributed by atoms with E-state index in [-0.39, 0.29) is 24.8 Å². The van der Waals surface area contributed by atoms with Gasteiger partial charge in [0.25, 0.3) is 0 Å². The van der Waals surface area contributed by atoms with Gasteiger partial charge in [0.05, 0.1) is 20.1 Å². The minimum Gasteiger partial charge on any atom is -0.469 e. The number of nitrogens with one attached hydrogen (secondary N) is 2. The van der Waals surface area contributed by atoms with E-state index in [1.165, 1.54) is 7.11 Å². The average molecular weight is 186 g/mol. The van der Waals surface area contributed by atoms with Gasteiger partial charge in [-0.25, -0.2) is 0 Å². The predicted octanol–water partition coefficient (Wildman–Crippen LogP) is -1.84. The first-order chi connectivity index (χ1) is 6.13. The molecule has 0 aromatic carbocycles. The van der Waals surface area contributed by atoms with E-state index in [1.807, 2.05) is 0 Å². The van der Waals surface area contributed by atoms with Crippen LogP contribution in [0.15, 0.2) is 0 Å². The van der Waals surface area contributed by atoms with Crippen LogP contribution in [0.4, 0.5) is 0 Å². The van der Waals surface area contributed by atoms with Crippen molar-refractivity contribution in [1.29, 1.82) is 0 Å². The van der Waals surface area contributed by atoms with Gasteiger partial charge in [-0.15, -0.1) is 0 Å². The highest BCUT2D eigenvalue weighted by molar-refractivity contribution is 5.96. The van der Waals surface area contributed by atoms with E-state index in [0.717, 1.165) is 0 Å². The van der Waals surface area contributed by atoms with E-state index in [1.54, 1.807) is 0 Å². The van der Waals surface area contributed by atoms with Crippen LogP contribution in [0.5, 0.6) is 0 Å². The lowest BCUT2D eigenvalue weighted by molar-refractivity contribution is -0.144. The number of rotatable bonds is 2. The largest absolute Gasteiger partial charge is 0.469 e. The molecular formula is C7H10N2O4. The number of ether oxygens (including phenoxy) is 1. The molecule has 0 aliphatic carbocycles. The van der Waals surface area contributed by atoms with E-state index in [2.05, 4.69) is 15.4 Å². The fourth-order valence-electron chi connectivity index (χ4n) is 0.995. The first-order valence-corrected chi connectivity index (χ1v) is 3.77. The number of esters is 1. The molecule has 1 saturated heterocycles. The molecule has 1 aliphatic heterocycles. The molecule has 2 amide bonds. The van der Waals surface area contributed by atoms with Gasteiger partial charge in [-0.05, 0) is 0 Å². The summed E-state index contributed by atoms with van der Waals surface area (Å²) < 4.78 is 4.37. The Morgan fingerprint density at radius 2 is 2.31 bits per heavy atom. The molecule has 0 bridgehead atoms. The Hall–Kier alpha value is -1.59. The molecular weight excluding hydrogens is 176 g/mol. The molecule has 1 heterocycles. The Morgan fingerprint density at radius 3 is 2.92 bits per heavy atom. The molecule has 6 heteroatoms. The molecule has 6 nitrogen and oxygen atoms in total. The zero-order valence-corrected chi connectivity index (χ0v) is 7.12. The summed E-state index contributed by atoms with van der Waals surface area (Å²) in [5.41, 5.74) is 0. The Balaban J connectivity index is 2.51. The lowest BCUT2D eigenvalue weighted by Crippen LogP contribution is -2.56. The lowest BCUT2D eigenvalue weighted by Gasteiger charge is -2.21. The molecule has 1 aliphatic rings. The molecule has 0 aromatic heterocycles. The monoisotopic (exact) mass is 186 g/mol. The SMILES string of the molecule is COC(=O)C[C@H]1NC(=O)CNC1=O. The van der Waals surface area contributed by atoms with Gasteiger partial charge in [0.15, 0.2) is 0 Å². The van der Waals surface area contributed by atoms with Crippen molar-refractivity contribution in [2.24, 2.45) is 0 Å². The molecule has 13 heavy (non-hydrogen) atoms. The second-order valence-corrected chi connectivity index (χ2v) is 2.62. The van der Waals surface area contributed by atoms with Crippen LogP contribution in [-0.4, -0.2) is 37.5 Å². The predicted molar refractivity (Wildman–Crippen MR) is 41.6 cm³/mol. The highest BCUT2D eigenvalue weighted by atomic mass is 16.5. The minimum atomic E-state index is -0.798. The lowest BCUT2D eigenvalue weighted by atomic mass is 10.1. The summed E-state index contributed by atoms with van der Waals surface area (Å²) in [6.45, 7) is -0.0312. The number of hydrogen-bond acceptors (Lipinski definition) is 4. The molecule has 1 atom stereocenters. The van der Waals surface area contributed by atoms with Crippen molar-refractivity contribution in [2.75, 3.05) is 13.7 Å². The molecule has 0 aromatic rings. The Kier molecular flexibility index (Phi) is 2.84. The summed E-state index contributed by atoms with van der Waals surface area (Å²) in [5, 5.41) is 4.73. The first kappa shape index (κ1) is 9.50. The molecule has 0 unspecified atom stereocenters. The van der Waals surface area contributed by atoms with Crippen LogP contribution >= 0.6 is 0 Å². The van der Waals surface area contributed by atoms with Crippen molar-refractivity contribution in [3.63, 3.8) is 0 Å². The maximum absolute atomic E-state index is 11.1. The third-order valence-electron chi connectivity index (χ3n) is 1.67. The molecule has 1 fully saturated rings. The van der Waals surface area contributed by atoms with E-state index < -0.39 is 12.0 Å². The van der Waals surface area contributed by atoms with Crippen LogP contribution < -0.4 is 10.6 Å². The van der Waals surface area contributed by atoms with E-state index in [0.29, 0.717) is 0 Å². The van der Waals surface area contributed by atoms with Gasteiger partial charge >= 0.3 is 5.97 Å². The fraction of sp³-hybridized carbons (Fsp3) is 0.571. The van der Waals surface area contributed by atoms with E-state index in [4.69, 9.17) is 0 Å². The Labute approximate surface area is 74.6 Å². The van der Waals surface area contributed by atoms with Gasteiger partial charge in [0.2, 0.25) is 11.8 Å². The zero-order chi connectivity index (χ0) is 9.84. The minimum absolute atomic E-state index is 0.0312. The molecule has 1 rings (SSSR count). The van der Waals surface area contributed by atoms with E-state index in [9.17, 15) is 14.4 Å². The van der Waals surface area contributed by atoms with Crippen LogP contribution in [-0.2, 0) is 19.1 Å². The van der Waals surface area contributed by atoms with E-state index >= 15 is 0 Å². The topological polar surface area (TPSA) is 84.5 Å². The number of methoxy groups -OCH3 is 1. The summed E-state index contributed by atoms with van der Waals surface area (Å²) in [5.74, 6) is -1.18. The third-order valence-corrected chi connectivity index (χ3v) is 1.67. The van der Waals surface area contributed by atoms with Crippen molar-refractivity contribution in [1.82, 2.24) is 10.6 Å². The van der Waals surface area contributed by atoms with Crippen LogP contribution in [0.1, 0.15) is 6.42 Å². The molecule has 0 saturated carbocycles. The van der Waals surface area contributed by atoms with Crippen molar-refractivity contribution < 1.29 is 19.1 Å². The third kappa shape index (κ3) is 2.43. The summed E-state index contributed by atoms with van der Waals surface area (Å²) >= 11 is 0. The Bertz CT molecular complexity index is 251. The molecule has 2 N–H and O–H groups in total. The van der Waals surface area contributed by atoms with Crippen molar-refractivity contribution in [3.05, 3.63) is 0 Å². The molecule has 0 radical (unpaired) electrons. The quantitative estimate of drug-likeness (QED) is 0.496. The number of carbonyl (C=O) groups is 3. The normalized spacial score (nSPS) is 21.8. The van der Waals surface area contributed by atoms with Crippen molar-refractivity contribution in [2.45, 2.75) is 12.5 Å². The zero-order valence-electron chi connectivity index (χ0n) is 7.12. The highest BCUT2D eigenvalue weighted by Crippen LogP contribution is 1.97. The van der Waals surface area contributed by atoms with Crippen molar-refractivity contribution >= 4 is 17.8 Å². The maximum Gasteiger partial charge on any atom is 0.308 e. The van der Waals surface area contributed by atoms with Gasteiger partial charge < -0.3 is 15.4 Å². The van der Waals surface area contributed by atoms with Crippen LogP contribution in [0.2, 0.25) is 0 Å². The number of carbonyl (C=O) groups excluding carboxylic acids is 3. The van der Waals surface area contributed by atoms with Gasteiger partial charge in [-0.3, -0.25) is 14.4 Å². The second-order valence-electron chi connectivity index (χ2n) is 2.62. The summed E-state index contributed by atoms with van der Waals surface area (Å²) in [7, 11) is 1.23. The Morgan fingerprint density at radius 1 is 1.62 bits per heavy atom. The number of piperazine rings is 1. The van der Waals surface area contributed by atoms with Crippen molar-refractivity contribution in [3.8, 4) is 0 Å². The van der Waals surface area contributed by atoms with Crippen LogP contribution in [0, 0.1) is 0 Å². The van der Waals surface area contributed by atoms with Gasteiger partial charge in [0.1, 0.15) is 6.04 Å². The first-order valence-electron chi connectivity index (χ1n) is 3.77. The van der Waals surface area contributed by atoms with Gasteiger partial charge in [-0.2, -0.15) is 0 Å². The number of hydrogen-bond donors (Lipinski definition) is 2. The smallest absolute Gasteiger partial charge is 0.308 e. The highest BCUT2D eigenvalue weighted by Gasteiger charge is 2.28. The molecule has 0 spiro atoms. The average Bonchev–Trinajstić information content (AvgIpc) is 2.11. The maximum atomic E-state index is 11.1. The molecule has 72 valence electrons. The summed E-state index contributed by atoms with van der Waals surface area (Å²) in [6, 6.07) is -0.798. The van der Waals surface area contributed by atoms with Gasteiger partial charge in [-0.1, -0.05) is 0 Å².